The smallest absolute Gasteiger partial charge is 0.259 e. The highest BCUT2D eigenvalue weighted by molar-refractivity contribution is 6.36. The summed E-state index contributed by atoms with van der Waals surface area (Å²) in [6.45, 7) is 0. The monoisotopic (exact) mass is 397 g/mol. The number of nitrogens with one attached hydrogen (secondary N) is 1. The zero-order valence-electron chi connectivity index (χ0n) is 15.4. The molecule has 3 aromatic carbocycles. The SMILES string of the molecule is O=C1Nc2ccc(C#CCc3ccccc3)cc2C(=O)/C1=C/c1cccc(Cl)c1. The van der Waals surface area contributed by atoms with Crippen LogP contribution < -0.4 is 5.32 Å². The minimum absolute atomic E-state index is 0.0779. The molecule has 1 heterocycles. The van der Waals surface area contributed by atoms with Gasteiger partial charge in [-0.3, -0.25) is 9.59 Å². The van der Waals surface area contributed by atoms with Gasteiger partial charge in [0.1, 0.15) is 0 Å². The Balaban J connectivity index is 1.62. The number of ketones is 1. The molecular formula is C25H16ClNO2. The largest absolute Gasteiger partial charge is 0.321 e. The van der Waals surface area contributed by atoms with Crippen LogP contribution in [0.2, 0.25) is 5.02 Å². The van der Waals surface area contributed by atoms with Gasteiger partial charge in [-0.1, -0.05) is 65.9 Å². The van der Waals surface area contributed by atoms with Crippen molar-refractivity contribution in [3.05, 3.63) is 106 Å². The lowest BCUT2D eigenvalue weighted by molar-refractivity contribution is -0.112. The molecule has 0 saturated heterocycles. The van der Waals surface area contributed by atoms with E-state index in [0.717, 1.165) is 11.1 Å². The molecule has 3 aromatic rings. The lowest BCUT2D eigenvalue weighted by Gasteiger charge is -2.18. The van der Waals surface area contributed by atoms with Crippen molar-refractivity contribution in [3.63, 3.8) is 0 Å². The van der Waals surface area contributed by atoms with Crippen molar-refractivity contribution in [3.8, 4) is 11.8 Å². The molecule has 0 radical (unpaired) electrons. The van der Waals surface area contributed by atoms with E-state index in [9.17, 15) is 9.59 Å². The van der Waals surface area contributed by atoms with Crippen LogP contribution in [0.15, 0.2) is 78.4 Å². The highest BCUT2D eigenvalue weighted by Crippen LogP contribution is 2.27. The zero-order valence-corrected chi connectivity index (χ0v) is 16.2. The Morgan fingerprint density at radius 2 is 1.76 bits per heavy atom. The first kappa shape index (κ1) is 18.7. The van der Waals surface area contributed by atoms with Gasteiger partial charge in [0.15, 0.2) is 0 Å². The Kier molecular flexibility index (Phi) is 5.29. The third-order valence-corrected chi connectivity index (χ3v) is 4.76. The summed E-state index contributed by atoms with van der Waals surface area (Å²) in [6.07, 6.45) is 2.18. The predicted octanol–water partition coefficient (Wildman–Crippen LogP) is 5.15. The van der Waals surface area contributed by atoms with Crippen LogP contribution in [-0.2, 0) is 11.2 Å². The predicted molar refractivity (Wildman–Crippen MR) is 116 cm³/mol. The Morgan fingerprint density at radius 3 is 2.55 bits per heavy atom. The van der Waals surface area contributed by atoms with E-state index in [2.05, 4.69) is 17.2 Å². The molecule has 1 N–H and O–H groups in total. The molecule has 0 fully saturated rings. The van der Waals surface area contributed by atoms with Crippen LogP contribution in [0.5, 0.6) is 0 Å². The fraction of sp³-hybridized carbons (Fsp3) is 0.0400. The third kappa shape index (κ3) is 4.29. The molecule has 0 atom stereocenters. The summed E-state index contributed by atoms with van der Waals surface area (Å²) in [5.41, 5.74) is 3.56. The lowest BCUT2D eigenvalue weighted by Crippen LogP contribution is -2.27. The van der Waals surface area contributed by atoms with E-state index in [4.69, 9.17) is 11.6 Å². The average Bonchev–Trinajstić information content (AvgIpc) is 2.72. The highest BCUT2D eigenvalue weighted by Gasteiger charge is 2.28. The highest BCUT2D eigenvalue weighted by atomic mass is 35.5. The van der Waals surface area contributed by atoms with Gasteiger partial charge in [0.25, 0.3) is 5.91 Å². The second-order valence-electron chi connectivity index (χ2n) is 6.62. The van der Waals surface area contributed by atoms with Gasteiger partial charge in [-0.15, -0.1) is 0 Å². The van der Waals surface area contributed by atoms with E-state index in [1.54, 1.807) is 48.5 Å². The van der Waals surface area contributed by atoms with Crippen LogP contribution in [0.3, 0.4) is 0 Å². The van der Waals surface area contributed by atoms with Crippen molar-refractivity contribution in [2.75, 3.05) is 5.32 Å². The van der Waals surface area contributed by atoms with Crippen LogP contribution in [0.25, 0.3) is 6.08 Å². The number of benzene rings is 3. The summed E-state index contributed by atoms with van der Waals surface area (Å²) in [7, 11) is 0. The van der Waals surface area contributed by atoms with E-state index in [1.807, 2.05) is 30.3 Å². The van der Waals surface area contributed by atoms with Crippen molar-refractivity contribution >= 4 is 35.1 Å². The molecule has 3 nitrogen and oxygen atoms in total. The quantitative estimate of drug-likeness (QED) is 0.369. The van der Waals surface area contributed by atoms with Gasteiger partial charge in [-0.25, -0.2) is 0 Å². The van der Waals surface area contributed by atoms with Crippen molar-refractivity contribution in [1.29, 1.82) is 0 Å². The summed E-state index contributed by atoms with van der Waals surface area (Å²) < 4.78 is 0. The average molecular weight is 398 g/mol. The maximum atomic E-state index is 13.0. The van der Waals surface area contributed by atoms with E-state index >= 15 is 0 Å². The first-order chi connectivity index (χ1) is 14.1. The first-order valence-electron chi connectivity index (χ1n) is 9.10. The number of fused-ring (bicyclic) bond motifs is 1. The molecular weight excluding hydrogens is 382 g/mol. The second-order valence-corrected chi connectivity index (χ2v) is 7.06. The third-order valence-electron chi connectivity index (χ3n) is 4.53. The van der Waals surface area contributed by atoms with Crippen LogP contribution in [0.4, 0.5) is 5.69 Å². The molecule has 4 rings (SSSR count). The zero-order chi connectivity index (χ0) is 20.2. The number of hydrogen-bond donors (Lipinski definition) is 1. The Bertz CT molecular complexity index is 1200. The number of amides is 1. The first-order valence-corrected chi connectivity index (χ1v) is 9.48. The van der Waals surface area contributed by atoms with Gasteiger partial charge >= 0.3 is 0 Å². The van der Waals surface area contributed by atoms with Gasteiger partial charge in [0, 0.05) is 22.6 Å². The van der Waals surface area contributed by atoms with Gasteiger partial charge in [-0.05, 0) is 47.5 Å². The summed E-state index contributed by atoms with van der Waals surface area (Å²) >= 11 is 6.00. The van der Waals surface area contributed by atoms with Gasteiger partial charge in [-0.2, -0.15) is 0 Å². The fourth-order valence-corrected chi connectivity index (χ4v) is 3.29. The molecule has 0 unspecified atom stereocenters. The molecule has 0 spiro atoms. The molecule has 0 bridgehead atoms. The Hall–Kier alpha value is -3.61. The van der Waals surface area contributed by atoms with Gasteiger partial charge < -0.3 is 5.32 Å². The van der Waals surface area contributed by atoms with Crippen LogP contribution in [0.1, 0.15) is 27.0 Å². The topological polar surface area (TPSA) is 46.2 Å². The number of Topliss-reactive ketones (excluding diaryl/α,β-unsaturated/α-hetero) is 1. The summed E-state index contributed by atoms with van der Waals surface area (Å²) in [6, 6.07) is 22.2. The van der Waals surface area contributed by atoms with Crippen molar-refractivity contribution in [2.24, 2.45) is 0 Å². The van der Waals surface area contributed by atoms with E-state index in [-0.39, 0.29) is 11.4 Å². The van der Waals surface area contributed by atoms with E-state index in [1.165, 1.54) is 0 Å². The summed E-state index contributed by atoms with van der Waals surface area (Å²) in [4.78, 5) is 25.4. The van der Waals surface area contributed by atoms with Crippen LogP contribution in [0, 0.1) is 11.8 Å². The minimum atomic E-state index is -0.426. The van der Waals surface area contributed by atoms with Gasteiger partial charge in [0.2, 0.25) is 5.78 Å². The summed E-state index contributed by atoms with van der Waals surface area (Å²) in [5, 5.41) is 3.32. The molecule has 0 saturated carbocycles. The number of rotatable bonds is 2. The molecule has 1 amide bonds. The number of hydrogen-bond acceptors (Lipinski definition) is 2. The lowest BCUT2D eigenvalue weighted by atomic mass is 9.94. The summed E-state index contributed by atoms with van der Waals surface area (Å²) in [5.74, 6) is 5.47. The number of carbonyl (C=O) groups excluding carboxylic acids is 2. The van der Waals surface area contributed by atoms with Crippen molar-refractivity contribution in [2.45, 2.75) is 6.42 Å². The minimum Gasteiger partial charge on any atom is -0.321 e. The molecule has 0 aromatic heterocycles. The molecule has 0 aliphatic carbocycles. The second kappa shape index (κ2) is 8.18. The van der Waals surface area contributed by atoms with Crippen molar-refractivity contribution in [1.82, 2.24) is 0 Å². The molecule has 1 aliphatic heterocycles. The Morgan fingerprint density at radius 1 is 0.931 bits per heavy atom. The Labute approximate surface area is 174 Å². The fourth-order valence-electron chi connectivity index (χ4n) is 3.10. The number of halogens is 1. The number of carbonyl (C=O) groups is 2. The molecule has 140 valence electrons. The van der Waals surface area contributed by atoms with Crippen molar-refractivity contribution < 1.29 is 9.59 Å². The van der Waals surface area contributed by atoms with E-state index < -0.39 is 5.91 Å². The van der Waals surface area contributed by atoms with Crippen LogP contribution in [-0.4, -0.2) is 11.7 Å². The molecule has 4 heteroatoms. The van der Waals surface area contributed by atoms with E-state index in [0.29, 0.717) is 28.3 Å². The molecule has 29 heavy (non-hydrogen) atoms. The van der Waals surface area contributed by atoms with Gasteiger partial charge in [0.05, 0.1) is 11.3 Å². The molecule has 1 aliphatic rings. The van der Waals surface area contributed by atoms with Crippen LogP contribution >= 0.6 is 11.6 Å². The normalized spacial score (nSPS) is 14.0. The maximum Gasteiger partial charge on any atom is 0.259 e. The standard InChI is InChI=1S/C25H16ClNO2/c26-20-11-5-10-19(14-20)16-22-24(28)21-15-18(12-13-23(21)27-25(22)29)9-4-8-17-6-2-1-3-7-17/h1-3,5-7,10-16H,8H2,(H,27,29)/b22-16-. The number of anilines is 1. The maximum absolute atomic E-state index is 13.0.